The van der Waals surface area contributed by atoms with Crippen molar-refractivity contribution in [2.24, 2.45) is 16.0 Å². The number of rotatable bonds is 5. The van der Waals surface area contributed by atoms with Crippen LogP contribution in [0.5, 0.6) is 0 Å². The lowest BCUT2D eigenvalue weighted by Gasteiger charge is -2.26. The molecule has 1 aliphatic carbocycles. The molecule has 1 atom stereocenters. The monoisotopic (exact) mass is 549 g/mol. The molecule has 1 aromatic rings. The van der Waals surface area contributed by atoms with Gasteiger partial charge in [-0.3, -0.25) is 9.79 Å². The van der Waals surface area contributed by atoms with Crippen LogP contribution in [0.25, 0.3) is 0 Å². The van der Waals surface area contributed by atoms with Crippen molar-refractivity contribution in [3.8, 4) is 0 Å². The Morgan fingerprint density at radius 3 is 2.63 bits per heavy atom. The quantitative estimate of drug-likeness (QED) is 0.294. The van der Waals surface area contributed by atoms with E-state index in [1.807, 2.05) is 11.0 Å². The van der Waals surface area contributed by atoms with Gasteiger partial charge in [0.15, 0.2) is 5.96 Å². The van der Waals surface area contributed by atoms with E-state index in [0.29, 0.717) is 25.0 Å². The van der Waals surface area contributed by atoms with E-state index >= 15 is 0 Å². The van der Waals surface area contributed by atoms with Gasteiger partial charge in [-0.1, -0.05) is 31.4 Å². The van der Waals surface area contributed by atoms with Gasteiger partial charge in [0.05, 0.1) is 4.90 Å². The van der Waals surface area contributed by atoms with Gasteiger partial charge in [0.25, 0.3) is 0 Å². The van der Waals surface area contributed by atoms with E-state index in [-0.39, 0.29) is 40.8 Å². The predicted octanol–water partition coefficient (Wildman–Crippen LogP) is 1.80. The van der Waals surface area contributed by atoms with Crippen molar-refractivity contribution in [3.05, 3.63) is 29.8 Å². The lowest BCUT2D eigenvalue weighted by molar-refractivity contribution is -0.135. The summed E-state index contributed by atoms with van der Waals surface area (Å²) < 4.78 is 23.0. The maximum absolute atomic E-state index is 12.7. The number of nitrogens with two attached hydrogens (primary N) is 1. The molecule has 0 bridgehead atoms. The smallest absolute Gasteiger partial charge is 0.238 e. The first-order valence-electron chi connectivity index (χ1n) is 10.2. The first-order chi connectivity index (χ1) is 13.9. The van der Waals surface area contributed by atoms with Gasteiger partial charge < -0.3 is 15.5 Å². The Kier molecular flexibility index (Phi) is 9.35. The van der Waals surface area contributed by atoms with Crippen molar-refractivity contribution in [2.45, 2.75) is 56.0 Å². The first kappa shape index (κ1) is 24.9. The summed E-state index contributed by atoms with van der Waals surface area (Å²) in [6.07, 6.45) is 6.50. The number of hydrogen-bond acceptors (Lipinski definition) is 4. The highest BCUT2D eigenvalue weighted by Crippen LogP contribution is 2.26. The number of guanidine groups is 1. The molecule has 1 saturated heterocycles. The van der Waals surface area contributed by atoms with Gasteiger partial charge >= 0.3 is 0 Å². The van der Waals surface area contributed by atoms with Crippen molar-refractivity contribution < 1.29 is 13.2 Å². The third-order valence-electron chi connectivity index (χ3n) is 5.71. The molecule has 0 radical (unpaired) electrons. The van der Waals surface area contributed by atoms with Crippen LogP contribution in [0, 0.1) is 5.92 Å². The normalized spacial score (nSPS) is 20.5. The second-order valence-electron chi connectivity index (χ2n) is 7.87. The number of hydrogen-bond donors (Lipinski definition) is 3. The zero-order valence-corrected chi connectivity index (χ0v) is 20.5. The average molecular weight is 549 g/mol. The topological polar surface area (TPSA) is 117 Å². The molecule has 1 heterocycles. The number of halogens is 1. The summed E-state index contributed by atoms with van der Waals surface area (Å²) in [6.45, 7) is 1.89. The minimum absolute atomic E-state index is 0. The summed E-state index contributed by atoms with van der Waals surface area (Å²) in [7, 11) is -2.03. The minimum atomic E-state index is -3.72. The second-order valence-corrected chi connectivity index (χ2v) is 9.43. The third-order valence-corrected chi connectivity index (χ3v) is 6.62. The number of likely N-dealkylation sites (tertiary alicyclic amines) is 1. The number of aliphatic imine (C=N–C) groups is 1. The van der Waals surface area contributed by atoms with Crippen LogP contribution in [-0.4, -0.2) is 51.4 Å². The van der Waals surface area contributed by atoms with Crippen molar-refractivity contribution in [1.29, 1.82) is 0 Å². The molecule has 30 heavy (non-hydrogen) atoms. The number of primary sulfonamides is 1. The van der Waals surface area contributed by atoms with Gasteiger partial charge in [-0.2, -0.15) is 0 Å². The van der Waals surface area contributed by atoms with Crippen LogP contribution in [0.2, 0.25) is 0 Å². The average Bonchev–Trinajstić information content (AvgIpc) is 3.19. The molecular formula is C20H32IN5O3S. The van der Waals surface area contributed by atoms with Crippen molar-refractivity contribution in [1.82, 2.24) is 15.5 Å². The zero-order valence-electron chi connectivity index (χ0n) is 17.3. The summed E-state index contributed by atoms with van der Waals surface area (Å²) >= 11 is 0. The Balaban J connectivity index is 0.00000320. The summed E-state index contributed by atoms with van der Waals surface area (Å²) in [6, 6.07) is 6.68. The van der Waals surface area contributed by atoms with Crippen LogP contribution in [0.15, 0.2) is 34.2 Å². The van der Waals surface area contributed by atoms with E-state index in [4.69, 9.17) is 5.14 Å². The maximum atomic E-state index is 12.7. The first-order valence-corrected chi connectivity index (χ1v) is 11.8. The van der Waals surface area contributed by atoms with Crippen LogP contribution in [0.4, 0.5) is 0 Å². The van der Waals surface area contributed by atoms with Crippen LogP contribution in [-0.2, 0) is 21.4 Å². The lowest BCUT2D eigenvalue weighted by Crippen LogP contribution is -2.45. The Morgan fingerprint density at radius 1 is 1.23 bits per heavy atom. The van der Waals surface area contributed by atoms with E-state index in [9.17, 15) is 13.2 Å². The number of nitrogens with one attached hydrogen (secondary N) is 2. The third kappa shape index (κ3) is 6.81. The second kappa shape index (κ2) is 11.3. The molecule has 1 aromatic carbocycles. The maximum Gasteiger partial charge on any atom is 0.238 e. The van der Waals surface area contributed by atoms with E-state index in [0.717, 1.165) is 44.2 Å². The lowest BCUT2D eigenvalue weighted by atomic mass is 9.88. The molecule has 1 aliphatic heterocycles. The van der Waals surface area contributed by atoms with Gasteiger partial charge in [0.2, 0.25) is 15.9 Å². The van der Waals surface area contributed by atoms with Crippen LogP contribution < -0.4 is 15.8 Å². The Labute approximate surface area is 196 Å². The van der Waals surface area contributed by atoms with Gasteiger partial charge in [0.1, 0.15) is 0 Å². The highest BCUT2D eigenvalue weighted by molar-refractivity contribution is 14.0. The Hall–Kier alpha value is -1.40. The van der Waals surface area contributed by atoms with Crippen molar-refractivity contribution in [3.63, 3.8) is 0 Å². The number of carbonyl (C=O) groups excluding carboxylic acids is 1. The molecule has 1 amide bonds. The van der Waals surface area contributed by atoms with E-state index in [1.165, 1.54) is 12.5 Å². The fourth-order valence-corrected chi connectivity index (χ4v) is 4.68. The molecule has 2 aliphatic rings. The van der Waals surface area contributed by atoms with Crippen LogP contribution in [0.3, 0.4) is 0 Å². The van der Waals surface area contributed by atoms with Gasteiger partial charge in [-0.15, -0.1) is 24.0 Å². The van der Waals surface area contributed by atoms with Crippen molar-refractivity contribution >= 4 is 45.9 Å². The number of amides is 1. The summed E-state index contributed by atoms with van der Waals surface area (Å²) in [5.41, 5.74) is 0.792. The van der Waals surface area contributed by atoms with Gasteiger partial charge in [0, 0.05) is 38.6 Å². The van der Waals surface area contributed by atoms with Crippen LogP contribution >= 0.6 is 24.0 Å². The SMILES string of the molecule is CN=C(NCc1cccc(S(N)(=O)=O)c1)NC1CCN(C(=O)C2CCCCC2)C1.I. The summed E-state index contributed by atoms with van der Waals surface area (Å²) in [4.78, 5) is 19.0. The Morgan fingerprint density at radius 2 is 1.97 bits per heavy atom. The van der Waals surface area contributed by atoms with Crippen LogP contribution in [0.1, 0.15) is 44.1 Å². The van der Waals surface area contributed by atoms with Gasteiger partial charge in [-0.25, -0.2) is 13.6 Å². The molecule has 168 valence electrons. The number of benzene rings is 1. The number of sulfonamides is 1. The highest BCUT2D eigenvalue weighted by Gasteiger charge is 2.31. The minimum Gasteiger partial charge on any atom is -0.352 e. The number of nitrogens with zero attached hydrogens (tertiary/aromatic N) is 2. The molecule has 0 aromatic heterocycles. The molecule has 8 nitrogen and oxygen atoms in total. The summed E-state index contributed by atoms with van der Waals surface area (Å²) in [5, 5.41) is 11.8. The largest absolute Gasteiger partial charge is 0.352 e. The number of carbonyl (C=O) groups is 1. The molecule has 4 N–H and O–H groups in total. The molecule has 3 rings (SSSR count). The highest BCUT2D eigenvalue weighted by atomic mass is 127. The molecule has 1 unspecified atom stereocenters. The van der Waals surface area contributed by atoms with Gasteiger partial charge in [-0.05, 0) is 37.0 Å². The van der Waals surface area contributed by atoms with E-state index in [2.05, 4.69) is 15.6 Å². The molecule has 1 saturated carbocycles. The molecule has 0 spiro atoms. The van der Waals surface area contributed by atoms with Crippen molar-refractivity contribution in [2.75, 3.05) is 20.1 Å². The molecule has 2 fully saturated rings. The molecular weight excluding hydrogens is 517 g/mol. The van der Waals surface area contributed by atoms with E-state index < -0.39 is 10.0 Å². The fourth-order valence-electron chi connectivity index (χ4n) is 4.09. The Bertz CT molecular complexity index is 856. The van der Waals surface area contributed by atoms with E-state index in [1.54, 1.807) is 19.2 Å². The fraction of sp³-hybridized carbons (Fsp3) is 0.600. The zero-order chi connectivity index (χ0) is 20.9. The predicted molar refractivity (Wildman–Crippen MR) is 128 cm³/mol. The summed E-state index contributed by atoms with van der Waals surface area (Å²) in [5.74, 6) is 1.13. The molecule has 10 heteroatoms. The standard InChI is InChI=1S/C20H31N5O3S.HI/c1-22-20(23-13-15-6-5-9-18(12-15)29(21,27)28)24-17-10-11-25(14-17)19(26)16-7-3-2-4-8-16;/h5-6,9,12,16-17H,2-4,7-8,10-11,13-14H2,1H3,(H2,21,27,28)(H2,22,23,24);1H.